The SMILES string of the molecule is CCCC/C=C1/C=CC2C=CN[C@@H]2C1. The molecule has 0 aromatic heterocycles. The van der Waals surface area contributed by atoms with Gasteiger partial charge in [0.25, 0.3) is 0 Å². The third-order valence-electron chi connectivity index (χ3n) is 3.05. The predicted molar refractivity (Wildman–Crippen MR) is 60.9 cm³/mol. The van der Waals surface area contributed by atoms with E-state index in [0.717, 1.165) is 0 Å². The average molecular weight is 189 g/mol. The molecule has 0 saturated carbocycles. The van der Waals surface area contributed by atoms with Crippen LogP contribution >= 0.6 is 0 Å². The minimum Gasteiger partial charge on any atom is -0.387 e. The van der Waals surface area contributed by atoms with Crippen LogP contribution in [0.25, 0.3) is 0 Å². The van der Waals surface area contributed by atoms with Gasteiger partial charge >= 0.3 is 0 Å². The summed E-state index contributed by atoms with van der Waals surface area (Å²) in [5.41, 5.74) is 1.51. The summed E-state index contributed by atoms with van der Waals surface area (Å²) in [6, 6.07) is 0.632. The molecule has 1 heteroatoms. The van der Waals surface area contributed by atoms with Crippen LogP contribution in [0.1, 0.15) is 32.6 Å². The largest absolute Gasteiger partial charge is 0.387 e. The van der Waals surface area contributed by atoms with Gasteiger partial charge in [0, 0.05) is 12.0 Å². The van der Waals surface area contributed by atoms with Crippen LogP contribution < -0.4 is 5.32 Å². The molecule has 0 bridgehead atoms. The number of rotatable bonds is 3. The Kier molecular flexibility index (Phi) is 3.07. The fourth-order valence-corrected chi connectivity index (χ4v) is 2.13. The summed E-state index contributed by atoms with van der Waals surface area (Å²) < 4.78 is 0. The highest BCUT2D eigenvalue weighted by Gasteiger charge is 2.23. The second kappa shape index (κ2) is 4.50. The maximum absolute atomic E-state index is 3.41. The minimum atomic E-state index is 0.632. The maximum Gasteiger partial charge on any atom is 0.0393 e. The molecule has 1 unspecified atom stereocenters. The first-order chi connectivity index (χ1) is 6.90. The van der Waals surface area contributed by atoms with E-state index < -0.39 is 0 Å². The first-order valence-electron chi connectivity index (χ1n) is 5.70. The summed E-state index contributed by atoms with van der Waals surface area (Å²) in [5.74, 6) is 0.637. The van der Waals surface area contributed by atoms with E-state index >= 15 is 0 Å². The van der Waals surface area contributed by atoms with Gasteiger partial charge in [0.05, 0.1) is 0 Å². The fraction of sp³-hybridized carbons (Fsp3) is 0.538. The molecule has 1 aliphatic heterocycles. The molecule has 2 rings (SSSR count). The molecule has 1 heterocycles. The Labute approximate surface area is 86.6 Å². The molecule has 1 nitrogen and oxygen atoms in total. The highest BCUT2D eigenvalue weighted by atomic mass is 14.9. The zero-order chi connectivity index (χ0) is 9.80. The van der Waals surface area contributed by atoms with Crippen LogP contribution in [0.2, 0.25) is 0 Å². The molecule has 1 aliphatic carbocycles. The van der Waals surface area contributed by atoms with Crippen molar-refractivity contribution < 1.29 is 0 Å². The molecule has 0 fully saturated rings. The number of hydrogen-bond donors (Lipinski definition) is 1. The van der Waals surface area contributed by atoms with Crippen molar-refractivity contribution in [2.75, 3.05) is 0 Å². The second-order valence-corrected chi connectivity index (χ2v) is 4.19. The van der Waals surface area contributed by atoms with Crippen LogP contribution in [-0.2, 0) is 0 Å². The lowest BCUT2D eigenvalue weighted by Crippen LogP contribution is -2.28. The summed E-state index contributed by atoms with van der Waals surface area (Å²) in [6.07, 6.45) is 16.4. The third-order valence-corrected chi connectivity index (χ3v) is 3.05. The first kappa shape index (κ1) is 9.57. The van der Waals surface area contributed by atoms with Crippen molar-refractivity contribution in [3.8, 4) is 0 Å². The summed E-state index contributed by atoms with van der Waals surface area (Å²) >= 11 is 0. The normalized spacial score (nSPS) is 31.9. The van der Waals surface area contributed by atoms with Crippen LogP contribution in [-0.4, -0.2) is 6.04 Å². The van der Waals surface area contributed by atoms with E-state index in [0.29, 0.717) is 12.0 Å². The smallest absolute Gasteiger partial charge is 0.0393 e. The Morgan fingerprint density at radius 2 is 2.43 bits per heavy atom. The van der Waals surface area contributed by atoms with Crippen molar-refractivity contribution in [1.82, 2.24) is 5.32 Å². The molecule has 1 N–H and O–H groups in total. The number of fused-ring (bicyclic) bond motifs is 1. The monoisotopic (exact) mass is 189 g/mol. The van der Waals surface area contributed by atoms with Gasteiger partial charge in [-0.1, -0.05) is 49.6 Å². The second-order valence-electron chi connectivity index (χ2n) is 4.19. The summed E-state index contributed by atoms with van der Waals surface area (Å²) in [6.45, 7) is 2.24. The van der Waals surface area contributed by atoms with Crippen LogP contribution in [0, 0.1) is 5.92 Å². The quantitative estimate of drug-likeness (QED) is 0.672. The minimum absolute atomic E-state index is 0.632. The van der Waals surface area contributed by atoms with Crippen LogP contribution in [0.4, 0.5) is 0 Å². The number of allylic oxidation sites excluding steroid dienone is 2. The molecule has 14 heavy (non-hydrogen) atoms. The van der Waals surface area contributed by atoms with E-state index in [1.54, 1.807) is 0 Å². The number of unbranched alkanes of at least 4 members (excludes halogenated alkanes) is 2. The van der Waals surface area contributed by atoms with E-state index in [-0.39, 0.29) is 0 Å². The molecule has 0 aromatic rings. The van der Waals surface area contributed by atoms with Crippen molar-refractivity contribution in [2.45, 2.75) is 38.6 Å². The van der Waals surface area contributed by atoms with Gasteiger partial charge in [0.15, 0.2) is 0 Å². The lowest BCUT2D eigenvalue weighted by Gasteiger charge is -2.22. The number of hydrogen-bond acceptors (Lipinski definition) is 1. The highest BCUT2D eigenvalue weighted by Crippen LogP contribution is 2.26. The molecule has 0 radical (unpaired) electrons. The fourth-order valence-electron chi connectivity index (χ4n) is 2.13. The van der Waals surface area contributed by atoms with Crippen LogP contribution in [0.15, 0.2) is 36.1 Å². The van der Waals surface area contributed by atoms with Crippen molar-refractivity contribution in [3.05, 3.63) is 36.1 Å². The van der Waals surface area contributed by atoms with Gasteiger partial charge in [0.2, 0.25) is 0 Å². The highest BCUT2D eigenvalue weighted by molar-refractivity contribution is 5.29. The average Bonchev–Trinajstić information content (AvgIpc) is 2.65. The molecule has 0 amide bonds. The molecule has 2 aliphatic rings. The van der Waals surface area contributed by atoms with Gasteiger partial charge < -0.3 is 5.32 Å². The number of nitrogens with one attached hydrogen (secondary N) is 1. The Balaban J connectivity index is 1.91. The third kappa shape index (κ3) is 2.09. The molecule has 0 spiro atoms. The molecular weight excluding hydrogens is 170 g/mol. The standard InChI is InChI=1S/C13H19N/c1-2-3-4-5-11-6-7-12-8-9-14-13(12)10-11/h5-9,12-14H,2-4,10H2,1H3/b11-5-/t12?,13-/m1/s1. The van der Waals surface area contributed by atoms with Gasteiger partial charge in [-0.25, -0.2) is 0 Å². The summed E-state index contributed by atoms with van der Waals surface area (Å²) in [5, 5.41) is 3.41. The van der Waals surface area contributed by atoms with E-state index in [2.05, 4.69) is 42.7 Å². The van der Waals surface area contributed by atoms with E-state index in [4.69, 9.17) is 0 Å². The lowest BCUT2D eigenvalue weighted by molar-refractivity contribution is 0.534. The Morgan fingerprint density at radius 3 is 3.29 bits per heavy atom. The topological polar surface area (TPSA) is 12.0 Å². The van der Waals surface area contributed by atoms with Crippen LogP contribution in [0.3, 0.4) is 0 Å². The Morgan fingerprint density at radius 1 is 1.50 bits per heavy atom. The molecule has 0 aromatic carbocycles. The maximum atomic E-state index is 3.41. The van der Waals surface area contributed by atoms with Gasteiger partial charge in [-0.2, -0.15) is 0 Å². The van der Waals surface area contributed by atoms with E-state index in [9.17, 15) is 0 Å². The van der Waals surface area contributed by atoms with Crippen molar-refractivity contribution in [2.24, 2.45) is 5.92 Å². The molecule has 76 valence electrons. The van der Waals surface area contributed by atoms with E-state index in [1.165, 1.54) is 31.3 Å². The van der Waals surface area contributed by atoms with Gasteiger partial charge in [0.1, 0.15) is 0 Å². The first-order valence-corrected chi connectivity index (χ1v) is 5.70. The van der Waals surface area contributed by atoms with Crippen LogP contribution in [0.5, 0.6) is 0 Å². The molecule has 2 atom stereocenters. The Hall–Kier alpha value is -0.980. The van der Waals surface area contributed by atoms with Crippen molar-refractivity contribution >= 4 is 0 Å². The van der Waals surface area contributed by atoms with Gasteiger partial charge in [-0.05, 0) is 19.0 Å². The zero-order valence-electron chi connectivity index (χ0n) is 8.87. The van der Waals surface area contributed by atoms with Crippen molar-refractivity contribution in [1.29, 1.82) is 0 Å². The van der Waals surface area contributed by atoms with Gasteiger partial charge in [-0.3, -0.25) is 0 Å². The lowest BCUT2D eigenvalue weighted by atomic mass is 9.89. The summed E-state index contributed by atoms with van der Waals surface area (Å²) in [4.78, 5) is 0. The Bertz CT molecular complexity index is 273. The van der Waals surface area contributed by atoms with Crippen molar-refractivity contribution in [3.63, 3.8) is 0 Å². The molecule has 0 saturated heterocycles. The zero-order valence-corrected chi connectivity index (χ0v) is 8.87. The van der Waals surface area contributed by atoms with Gasteiger partial charge in [-0.15, -0.1) is 0 Å². The predicted octanol–water partition coefficient (Wildman–Crippen LogP) is 3.16. The molecular formula is C13H19N. The summed E-state index contributed by atoms with van der Waals surface area (Å²) in [7, 11) is 0. The van der Waals surface area contributed by atoms with E-state index in [1.807, 2.05) is 0 Å².